The third kappa shape index (κ3) is 3.99. The van der Waals surface area contributed by atoms with Crippen LogP contribution in [0.25, 0.3) is 22.1 Å². The zero-order valence-corrected chi connectivity index (χ0v) is 21.9. The van der Waals surface area contributed by atoms with Crippen LogP contribution >= 0.6 is 31.9 Å². The molecule has 36 heavy (non-hydrogen) atoms. The molecule has 0 bridgehead atoms. The van der Waals surface area contributed by atoms with Crippen LogP contribution in [0.1, 0.15) is 36.6 Å². The lowest BCUT2D eigenvalue weighted by molar-refractivity contribution is 0.0375. The van der Waals surface area contributed by atoms with Crippen molar-refractivity contribution in [1.29, 1.82) is 0 Å². The Morgan fingerprint density at radius 2 is 1.28 bits per heavy atom. The van der Waals surface area contributed by atoms with Gasteiger partial charge in [-0.3, -0.25) is 18.7 Å². The van der Waals surface area contributed by atoms with Crippen LogP contribution in [0.15, 0.2) is 43.1 Å². The quantitative estimate of drug-likeness (QED) is 0.317. The first-order chi connectivity index (χ1) is 17.4. The van der Waals surface area contributed by atoms with Gasteiger partial charge in [0.25, 0.3) is 11.1 Å². The Bertz CT molecular complexity index is 1550. The number of halogens is 2. The molecule has 0 saturated carbocycles. The molecule has 11 nitrogen and oxygen atoms in total. The normalized spacial score (nSPS) is 18.4. The van der Waals surface area contributed by atoms with Gasteiger partial charge in [-0.05, 0) is 56.8 Å². The maximum atomic E-state index is 13.0. The minimum absolute atomic E-state index is 0.0261. The van der Waals surface area contributed by atoms with E-state index in [4.69, 9.17) is 9.47 Å². The first-order valence-corrected chi connectivity index (χ1v) is 12.9. The van der Waals surface area contributed by atoms with Gasteiger partial charge in [-0.2, -0.15) is 0 Å². The molecular weight excluding hydrogens is 600 g/mol. The number of carbonyl (C=O) groups excluding carboxylic acids is 1. The number of hydrogen-bond donors (Lipinski definition) is 0. The monoisotopic (exact) mass is 616 g/mol. The van der Waals surface area contributed by atoms with E-state index in [0.29, 0.717) is 48.4 Å². The predicted molar refractivity (Wildman–Crippen MR) is 135 cm³/mol. The molecule has 0 fully saturated rings. The van der Waals surface area contributed by atoms with Gasteiger partial charge in [0.1, 0.15) is 24.9 Å². The van der Waals surface area contributed by atoms with Crippen molar-refractivity contribution in [3.63, 3.8) is 0 Å². The standard InChI is InChI=1S/C23H18Br2N6O5/c24-11-5-15-19(26-7-11)21(32)30-13(1-3-17(30)28-15)9-35-23(34)36-10-14-2-4-18-29-16-6-12(25)8-27-20(16)22(33)31(14)18/h5-8,13-14H,1-4,9-10H2. The van der Waals surface area contributed by atoms with E-state index < -0.39 is 6.16 Å². The molecule has 0 radical (unpaired) electrons. The second kappa shape index (κ2) is 9.04. The molecule has 0 spiro atoms. The van der Waals surface area contributed by atoms with E-state index >= 15 is 0 Å². The summed E-state index contributed by atoms with van der Waals surface area (Å²) in [5.41, 5.74) is 1.07. The molecule has 0 saturated heterocycles. The van der Waals surface area contributed by atoms with Crippen molar-refractivity contribution in [1.82, 2.24) is 29.1 Å². The van der Waals surface area contributed by atoms with Crippen molar-refractivity contribution in [3.8, 4) is 0 Å². The van der Waals surface area contributed by atoms with Crippen molar-refractivity contribution >= 4 is 60.1 Å². The summed E-state index contributed by atoms with van der Waals surface area (Å²) in [5, 5.41) is 0. The van der Waals surface area contributed by atoms with Gasteiger partial charge in [-0.15, -0.1) is 0 Å². The van der Waals surface area contributed by atoms with E-state index in [0.717, 1.165) is 8.95 Å². The maximum Gasteiger partial charge on any atom is 0.508 e. The van der Waals surface area contributed by atoms with E-state index in [-0.39, 0.29) is 47.4 Å². The number of fused-ring (bicyclic) bond motifs is 4. The number of ether oxygens (including phenoxy) is 2. The third-order valence-electron chi connectivity index (χ3n) is 6.49. The molecule has 6 rings (SSSR count). The fourth-order valence-electron chi connectivity index (χ4n) is 4.85. The zero-order chi connectivity index (χ0) is 25.0. The molecule has 0 amide bonds. The van der Waals surface area contributed by atoms with Crippen molar-refractivity contribution in [2.45, 2.75) is 37.8 Å². The van der Waals surface area contributed by atoms with Crippen molar-refractivity contribution < 1.29 is 14.3 Å². The van der Waals surface area contributed by atoms with E-state index in [1.54, 1.807) is 33.7 Å². The molecule has 13 heteroatoms. The van der Waals surface area contributed by atoms with Gasteiger partial charge in [-0.25, -0.2) is 24.7 Å². The molecule has 2 aliphatic rings. The second-order valence-electron chi connectivity index (χ2n) is 8.71. The van der Waals surface area contributed by atoms with Crippen molar-refractivity contribution in [3.05, 3.63) is 65.8 Å². The first-order valence-electron chi connectivity index (χ1n) is 11.3. The molecule has 2 aliphatic heterocycles. The topological polar surface area (TPSA) is 131 Å². The van der Waals surface area contributed by atoms with Gasteiger partial charge in [0.05, 0.1) is 23.1 Å². The van der Waals surface area contributed by atoms with Gasteiger partial charge < -0.3 is 9.47 Å². The Morgan fingerprint density at radius 3 is 1.72 bits per heavy atom. The van der Waals surface area contributed by atoms with Gasteiger partial charge in [0, 0.05) is 34.2 Å². The summed E-state index contributed by atoms with van der Waals surface area (Å²) in [6.45, 7) is -0.0523. The Hall–Kier alpha value is -3.19. The van der Waals surface area contributed by atoms with Crippen molar-refractivity contribution in [2.75, 3.05) is 13.2 Å². The number of nitrogens with zero attached hydrogens (tertiary/aromatic N) is 6. The van der Waals surface area contributed by atoms with Crippen LogP contribution in [0.5, 0.6) is 0 Å². The summed E-state index contributed by atoms with van der Waals surface area (Å²) >= 11 is 6.69. The first kappa shape index (κ1) is 23.2. The molecule has 4 aromatic rings. The molecule has 2 atom stereocenters. The highest BCUT2D eigenvalue weighted by Crippen LogP contribution is 2.27. The van der Waals surface area contributed by atoms with Gasteiger partial charge in [0.2, 0.25) is 0 Å². The van der Waals surface area contributed by atoms with Gasteiger partial charge in [-0.1, -0.05) is 0 Å². The minimum Gasteiger partial charge on any atom is -0.432 e. The number of aryl methyl sites for hydroxylation is 2. The largest absolute Gasteiger partial charge is 0.508 e. The summed E-state index contributed by atoms with van der Waals surface area (Å²) < 4.78 is 15.2. The summed E-state index contributed by atoms with van der Waals surface area (Å²) in [7, 11) is 0. The number of aromatic nitrogens is 6. The minimum atomic E-state index is -0.857. The van der Waals surface area contributed by atoms with Crippen molar-refractivity contribution in [2.24, 2.45) is 0 Å². The zero-order valence-electron chi connectivity index (χ0n) is 18.7. The van der Waals surface area contributed by atoms with Crippen LogP contribution in [0.3, 0.4) is 0 Å². The number of rotatable bonds is 4. The number of hydrogen-bond acceptors (Lipinski definition) is 9. The maximum absolute atomic E-state index is 13.0. The highest BCUT2D eigenvalue weighted by Gasteiger charge is 2.30. The lowest BCUT2D eigenvalue weighted by Gasteiger charge is -2.17. The van der Waals surface area contributed by atoms with Gasteiger partial charge >= 0.3 is 6.16 Å². The van der Waals surface area contributed by atoms with E-state index in [1.807, 2.05) is 0 Å². The third-order valence-corrected chi connectivity index (χ3v) is 7.35. The Labute approximate surface area is 219 Å². The lowest BCUT2D eigenvalue weighted by atomic mass is 10.2. The van der Waals surface area contributed by atoms with Crippen LogP contribution in [0.4, 0.5) is 4.79 Å². The molecule has 6 heterocycles. The Morgan fingerprint density at radius 1 is 0.833 bits per heavy atom. The number of pyridine rings is 2. The summed E-state index contributed by atoms with van der Waals surface area (Å²) in [6, 6.07) is 2.81. The molecule has 0 aromatic carbocycles. The lowest BCUT2D eigenvalue weighted by Crippen LogP contribution is -2.29. The average Bonchev–Trinajstić information content (AvgIpc) is 3.45. The molecule has 184 valence electrons. The fraction of sp³-hybridized carbons (Fsp3) is 0.348. The van der Waals surface area contributed by atoms with Crippen LogP contribution in [-0.4, -0.2) is 48.4 Å². The Balaban J connectivity index is 1.13. The molecular formula is C23H18Br2N6O5. The summed E-state index contributed by atoms with van der Waals surface area (Å²) in [5.74, 6) is 1.27. The highest BCUT2D eigenvalue weighted by atomic mass is 79.9. The van der Waals surface area contributed by atoms with E-state index in [2.05, 4.69) is 51.8 Å². The molecule has 4 aromatic heterocycles. The SMILES string of the molecule is O=C(OCC1CCc2nc3cc(Br)cnc3c(=O)n21)OCC1CCc2nc3cc(Br)cnc3c(=O)n21. The average molecular weight is 618 g/mol. The predicted octanol–water partition coefficient (Wildman–Crippen LogP) is 3.25. The number of carbonyl (C=O) groups is 1. The van der Waals surface area contributed by atoms with Gasteiger partial charge in [0.15, 0.2) is 11.0 Å². The molecule has 0 N–H and O–H groups in total. The van der Waals surface area contributed by atoms with Crippen LogP contribution < -0.4 is 11.1 Å². The van der Waals surface area contributed by atoms with Crippen LogP contribution in [-0.2, 0) is 22.3 Å². The molecule has 0 aliphatic carbocycles. The fourth-order valence-corrected chi connectivity index (χ4v) is 5.49. The molecule has 2 unspecified atom stereocenters. The summed E-state index contributed by atoms with van der Waals surface area (Å²) in [6.07, 6.45) is 4.65. The highest BCUT2D eigenvalue weighted by molar-refractivity contribution is 9.10. The van der Waals surface area contributed by atoms with Crippen LogP contribution in [0, 0.1) is 0 Å². The van der Waals surface area contributed by atoms with E-state index in [9.17, 15) is 14.4 Å². The smallest absolute Gasteiger partial charge is 0.432 e. The van der Waals surface area contributed by atoms with Crippen LogP contribution in [0.2, 0.25) is 0 Å². The second-order valence-corrected chi connectivity index (χ2v) is 10.5. The van der Waals surface area contributed by atoms with E-state index in [1.165, 1.54) is 0 Å². The Kier molecular flexibility index (Phi) is 5.83. The summed E-state index contributed by atoms with van der Waals surface area (Å²) in [4.78, 5) is 55.8.